The number of halogens is 1. The van der Waals surface area contributed by atoms with Crippen molar-refractivity contribution in [2.45, 2.75) is 6.10 Å². The molecule has 1 aromatic rings. The van der Waals surface area contributed by atoms with Gasteiger partial charge in [-0.25, -0.2) is 0 Å². The molecule has 1 unspecified atom stereocenters. The number of hydrogen-bond acceptors (Lipinski definition) is 4. The van der Waals surface area contributed by atoms with Crippen molar-refractivity contribution >= 4 is 23.2 Å². The van der Waals surface area contributed by atoms with Crippen molar-refractivity contribution in [1.29, 1.82) is 0 Å². The van der Waals surface area contributed by atoms with Gasteiger partial charge >= 0.3 is 0 Å². The molecule has 1 aliphatic rings. The molecule has 1 aliphatic heterocycles. The highest BCUT2D eigenvalue weighted by atomic mass is 35.5. The van der Waals surface area contributed by atoms with Crippen LogP contribution < -0.4 is 11.1 Å². The molecule has 104 valence electrons. The maximum absolute atomic E-state index is 12.0. The molecule has 1 amide bonds. The maximum atomic E-state index is 12.0. The van der Waals surface area contributed by atoms with E-state index in [4.69, 9.17) is 22.1 Å². The molecule has 0 saturated carbocycles. The van der Waals surface area contributed by atoms with Crippen molar-refractivity contribution in [1.82, 2.24) is 10.2 Å². The summed E-state index contributed by atoms with van der Waals surface area (Å²) in [5, 5.41) is 3.24. The summed E-state index contributed by atoms with van der Waals surface area (Å²) in [6, 6.07) is 4.85. The number of morpholine rings is 1. The van der Waals surface area contributed by atoms with Crippen LogP contribution in [0.1, 0.15) is 10.4 Å². The largest absolute Gasteiger partial charge is 0.398 e. The topological polar surface area (TPSA) is 67.6 Å². The van der Waals surface area contributed by atoms with Gasteiger partial charge in [0.25, 0.3) is 5.91 Å². The van der Waals surface area contributed by atoms with Crippen LogP contribution in [0.4, 0.5) is 5.69 Å². The number of carbonyl (C=O) groups is 1. The standard InChI is InChI=1S/C13H18ClN3O2/c1-17-4-5-19-10(8-17)7-16-13(18)9-2-3-12(15)11(14)6-9/h2-3,6,10H,4-5,7-8,15H2,1H3,(H,16,18). The molecule has 0 spiro atoms. The minimum absolute atomic E-state index is 0.0342. The molecular weight excluding hydrogens is 266 g/mol. The smallest absolute Gasteiger partial charge is 0.251 e. The molecule has 1 fully saturated rings. The number of nitrogens with two attached hydrogens (primary N) is 1. The first-order valence-electron chi connectivity index (χ1n) is 6.19. The molecule has 0 aromatic heterocycles. The van der Waals surface area contributed by atoms with Crippen LogP contribution in [0.3, 0.4) is 0 Å². The second-order valence-electron chi connectivity index (χ2n) is 4.70. The van der Waals surface area contributed by atoms with Gasteiger partial charge in [0.05, 0.1) is 23.4 Å². The van der Waals surface area contributed by atoms with Crippen molar-refractivity contribution in [2.24, 2.45) is 0 Å². The second-order valence-corrected chi connectivity index (χ2v) is 5.11. The van der Waals surface area contributed by atoms with E-state index in [2.05, 4.69) is 10.2 Å². The minimum Gasteiger partial charge on any atom is -0.398 e. The van der Waals surface area contributed by atoms with E-state index in [-0.39, 0.29) is 12.0 Å². The van der Waals surface area contributed by atoms with Crippen LogP contribution in [-0.2, 0) is 4.74 Å². The van der Waals surface area contributed by atoms with Gasteiger partial charge in [-0.15, -0.1) is 0 Å². The van der Waals surface area contributed by atoms with Crippen LogP contribution in [0.25, 0.3) is 0 Å². The van der Waals surface area contributed by atoms with Crippen molar-refractivity contribution in [3.05, 3.63) is 28.8 Å². The minimum atomic E-state index is -0.168. The fraction of sp³-hybridized carbons (Fsp3) is 0.462. The van der Waals surface area contributed by atoms with E-state index < -0.39 is 0 Å². The summed E-state index contributed by atoms with van der Waals surface area (Å²) in [4.78, 5) is 14.1. The molecule has 19 heavy (non-hydrogen) atoms. The van der Waals surface area contributed by atoms with Crippen LogP contribution in [0.2, 0.25) is 5.02 Å². The van der Waals surface area contributed by atoms with Crippen LogP contribution in [0.15, 0.2) is 18.2 Å². The Hall–Kier alpha value is -1.30. The van der Waals surface area contributed by atoms with Crippen LogP contribution >= 0.6 is 11.6 Å². The van der Waals surface area contributed by atoms with E-state index in [1.54, 1.807) is 18.2 Å². The molecular formula is C13H18ClN3O2. The zero-order valence-corrected chi connectivity index (χ0v) is 11.6. The number of ether oxygens (including phenoxy) is 1. The lowest BCUT2D eigenvalue weighted by Gasteiger charge is -2.30. The lowest BCUT2D eigenvalue weighted by Crippen LogP contribution is -2.45. The van der Waals surface area contributed by atoms with Gasteiger partial charge in [0.2, 0.25) is 0 Å². The highest BCUT2D eigenvalue weighted by Crippen LogP contribution is 2.19. The molecule has 1 aromatic carbocycles. The highest BCUT2D eigenvalue weighted by molar-refractivity contribution is 6.33. The number of benzene rings is 1. The van der Waals surface area contributed by atoms with Gasteiger partial charge < -0.3 is 20.7 Å². The Kier molecular flexibility index (Phi) is 4.63. The zero-order valence-electron chi connectivity index (χ0n) is 10.9. The molecule has 0 radical (unpaired) electrons. The Morgan fingerprint density at radius 2 is 2.42 bits per heavy atom. The van der Waals surface area contributed by atoms with Gasteiger partial charge in [0.15, 0.2) is 0 Å². The first-order valence-corrected chi connectivity index (χ1v) is 6.57. The molecule has 0 bridgehead atoms. The van der Waals surface area contributed by atoms with Gasteiger partial charge in [-0.1, -0.05) is 11.6 Å². The second kappa shape index (κ2) is 6.23. The number of nitrogens with one attached hydrogen (secondary N) is 1. The van der Waals surface area contributed by atoms with Gasteiger partial charge in [-0.2, -0.15) is 0 Å². The summed E-state index contributed by atoms with van der Waals surface area (Å²) in [5.41, 5.74) is 6.58. The van der Waals surface area contributed by atoms with E-state index in [9.17, 15) is 4.79 Å². The number of hydrogen-bond donors (Lipinski definition) is 2. The normalized spacial score (nSPS) is 20.2. The van der Waals surface area contributed by atoms with Crippen molar-refractivity contribution in [3.8, 4) is 0 Å². The van der Waals surface area contributed by atoms with E-state index in [1.807, 2.05) is 7.05 Å². The molecule has 0 aliphatic carbocycles. The number of carbonyl (C=O) groups excluding carboxylic acids is 1. The molecule has 1 saturated heterocycles. The number of nitrogens with zero attached hydrogens (tertiary/aromatic N) is 1. The monoisotopic (exact) mass is 283 g/mol. The van der Waals surface area contributed by atoms with E-state index in [1.165, 1.54) is 0 Å². The van der Waals surface area contributed by atoms with Crippen LogP contribution in [-0.4, -0.2) is 50.2 Å². The third-order valence-corrected chi connectivity index (χ3v) is 3.42. The summed E-state index contributed by atoms with van der Waals surface area (Å²) in [5.74, 6) is -0.168. The Bertz CT molecular complexity index is 467. The number of anilines is 1. The van der Waals surface area contributed by atoms with Gasteiger partial charge in [-0.3, -0.25) is 4.79 Å². The van der Waals surface area contributed by atoms with Gasteiger partial charge in [-0.05, 0) is 25.2 Å². The summed E-state index contributed by atoms with van der Waals surface area (Å²) < 4.78 is 5.58. The molecule has 1 heterocycles. The van der Waals surface area contributed by atoms with E-state index in [0.29, 0.717) is 29.4 Å². The summed E-state index contributed by atoms with van der Waals surface area (Å²) >= 11 is 5.89. The molecule has 6 heteroatoms. The highest BCUT2D eigenvalue weighted by Gasteiger charge is 2.18. The van der Waals surface area contributed by atoms with E-state index >= 15 is 0 Å². The van der Waals surface area contributed by atoms with Crippen molar-refractivity contribution in [3.63, 3.8) is 0 Å². The van der Waals surface area contributed by atoms with Gasteiger partial charge in [0.1, 0.15) is 0 Å². The maximum Gasteiger partial charge on any atom is 0.251 e. The number of amides is 1. The first-order chi connectivity index (χ1) is 9.06. The zero-order chi connectivity index (χ0) is 13.8. The Balaban J connectivity index is 1.88. The van der Waals surface area contributed by atoms with Crippen molar-refractivity contribution < 1.29 is 9.53 Å². The van der Waals surface area contributed by atoms with Crippen LogP contribution in [0.5, 0.6) is 0 Å². The molecule has 2 rings (SSSR count). The molecule has 1 atom stereocenters. The Morgan fingerprint density at radius 1 is 1.63 bits per heavy atom. The summed E-state index contributed by atoms with van der Waals surface area (Å²) in [6.45, 7) is 2.94. The van der Waals surface area contributed by atoms with Crippen molar-refractivity contribution in [2.75, 3.05) is 39.0 Å². The number of rotatable bonds is 3. The Morgan fingerprint density at radius 3 is 3.11 bits per heavy atom. The predicted molar refractivity (Wildman–Crippen MR) is 75.4 cm³/mol. The lowest BCUT2D eigenvalue weighted by molar-refractivity contribution is -0.0175. The lowest BCUT2D eigenvalue weighted by atomic mass is 10.2. The first kappa shape index (κ1) is 14.1. The molecule has 3 N–H and O–H groups in total. The fourth-order valence-corrected chi connectivity index (χ4v) is 2.15. The average molecular weight is 284 g/mol. The summed E-state index contributed by atoms with van der Waals surface area (Å²) in [6.07, 6.45) is 0.0342. The Labute approximate surface area is 117 Å². The number of nitrogen functional groups attached to an aromatic ring is 1. The van der Waals surface area contributed by atoms with Gasteiger partial charge in [0, 0.05) is 25.2 Å². The summed E-state index contributed by atoms with van der Waals surface area (Å²) in [7, 11) is 2.04. The fourth-order valence-electron chi connectivity index (χ4n) is 1.97. The quantitative estimate of drug-likeness (QED) is 0.812. The van der Waals surface area contributed by atoms with E-state index in [0.717, 1.165) is 13.1 Å². The van der Waals surface area contributed by atoms with Crippen LogP contribution in [0, 0.1) is 0 Å². The predicted octanol–water partition coefficient (Wildman–Crippen LogP) is 0.983. The third kappa shape index (κ3) is 3.83. The third-order valence-electron chi connectivity index (χ3n) is 3.09. The SMILES string of the molecule is CN1CCOC(CNC(=O)c2ccc(N)c(Cl)c2)C1. The number of likely N-dealkylation sites (N-methyl/N-ethyl adjacent to an activating group) is 1. The molecule has 5 nitrogen and oxygen atoms in total. The average Bonchev–Trinajstić information content (AvgIpc) is 2.39.